The van der Waals surface area contributed by atoms with Gasteiger partial charge in [-0.25, -0.2) is 9.82 Å². The molecule has 0 atom stereocenters. The predicted molar refractivity (Wildman–Crippen MR) is 136 cm³/mol. The van der Waals surface area contributed by atoms with Crippen molar-refractivity contribution in [1.29, 1.82) is 0 Å². The first-order valence-corrected chi connectivity index (χ1v) is 12.1. The molecule has 1 N–H and O–H groups in total. The largest absolute Gasteiger partial charge is 0.494 e. The molecule has 0 radical (unpaired) electrons. The van der Waals surface area contributed by atoms with Gasteiger partial charge in [0.05, 0.1) is 23.6 Å². The molecule has 0 bridgehead atoms. The fourth-order valence-corrected chi connectivity index (χ4v) is 4.15. The Morgan fingerprint density at radius 3 is 2.60 bits per heavy atom. The van der Waals surface area contributed by atoms with E-state index in [0.29, 0.717) is 17.6 Å². The predicted octanol–water partition coefficient (Wildman–Crippen LogP) is 5.37. The summed E-state index contributed by atoms with van der Waals surface area (Å²) in [6, 6.07) is 21.5. The molecule has 10 heteroatoms. The maximum Gasteiger partial charge on any atom is 0.250 e. The molecule has 1 aromatic heterocycles. The Morgan fingerprint density at radius 1 is 1.11 bits per heavy atom. The maximum atomic E-state index is 13.8. The van der Waals surface area contributed by atoms with Gasteiger partial charge in [-0.05, 0) is 43.3 Å². The van der Waals surface area contributed by atoms with Crippen molar-refractivity contribution in [1.82, 2.24) is 20.2 Å². The van der Waals surface area contributed by atoms with E-state index >= 15 is 0 Å². The lowest BCUT2D eigenvalue weighted by molar-refractivity contribution is -0.118. The summed E-state index contributed by atoms with van der Waals surface area (Å²) in [5.74, 6) is 0.506. The third kappa shape index (κ3) is 6.06. The minimum atomic E-state index is -0.526. The molecule has 0 saturated heterocycles. The normalized spacial score (nSPS) is 11.1. The number of thioether (sulfide) groups is 1. The number of aromatic nitrogens is 3. The molecule has 0 aliphatic heterocycles. The zero-order valence-electron chi connectivity index (χ0n) is 18.7. The van der Waals surface area contributed by atoms with Gasteiger partial charge in [0.2, 0.25) is 0 Å². The van der Waals surface area contributed by atoms with E-state index in [4.69, 9.17) is 16.3 Å². The van der Waals surface area contributed by atoms with Crippen LogP contribution in [0.4, 0.5) is 4.39 Å². The molecule has 0 fully saturated rings. The number of hydrogen-bond acceptors (Lipinski definition) is 6. The van der Waals surface area contributed by atoms with Gasteiger partial charge in [-0.3, -0.25) is 9.36 Å². The van der Waals surface area contributed by atoms with E-state index in [1.54, 1.807) is 6.07 Å². The Balaban J connectivity index is 1.52. The topological polar surface area (TPSA) is 81.4 Å². The molecule has 0 saturated carbocycles. The zero-order valence-corrected chi connectivity index (χ0v) is 20.3. The molecule has 178 valence electrons. The number of nitrogens with one attached hydrogen (secondary N) is 1. The number of nitrogens with zero attached hydrogens (tertiary/aromatic N) is 4. The molecule has 0 unspecified atom stereocenters. The van der Waals surface area contributed by atoms with Gasteiger partial charge in [0.1, 0.15) is 11.6 Å². The average molecular weight is 510 g/mol. The van der Waals surface area contributed by atoms with Crippen LogP contribution in [0.25, 0.3) is 17.1 Å². The minimum absolute atomic E-state index is 0.0201. The summed E-state index contributed by atoms with van der Waals surface area (Å²) in [5.41, 5.74) is 4.20. The highest BCUT2D eigenvalue weighted by Crippen LogP contribution is 2.28. The van der Waals surface area contributed by atoms with Gasteiger partial charge in [0.25, 0.3) is 5.91 Å². The highest BCUT2D eigenvalue weighted by atomic mass is 35.5. The van der Waals surface area contributed by atoms with E-state index in [2.05, 4.69) is 20.7 Å². The van der Waals surface area contributed by atoms with Gasteiger partial charge < -0.3 is 4.74 Å². The third-order valence-electron chi connectivity index (χ3n) is 4.79. The lowest BCUT2D eigenvalue weighted by Crippen LogP contribution is -2.20. The standard InChI is InChI=1S/C25H21ClFN5O2S/c1-2-34-19-13-11-18(12-14-19)32-24(17-7-4-3-5-8-17)30-31-25(32)35-16-23(33)29-28-15-20-21(26)9-6-10-22(20)27/h3-15H,2,16H2,1H3,(H,29,33)/b28-15-. The lowest BCUT2D eigenvalue weighted by atomic mass is 10.2. The molecule has 4 rings (SSSR count). The van der Waals surface area contributed by atoms with Crippen LogP contribution in [0.1, 0.15) is 12.5 Å². The average Bonchev–Trinajstić information content (AvgIpc) is 3.30. The summed E-state index contributed by atoms with van der Waals surface area (Å²) in [4.78, 5) is 12.4. The molecular weight excluding hydrogens is 489 g/mol. The number of halogens is 2. The molecule has 35 heavy (non-hydrogen) atoms. The Labute approximate surface area is 211 Å². The summed E-state index contributed by atoms with van der Waals surface area (Å²) in [6.45, 7) is 2.50. The number of hydrogen-bond donors (Lipinski definition) is 1. The second-order valence-corrected chi connectivity index (χ2v) is 8.50. The van der Waals surface area contributed by atoms with Crippen molar-refractivity contribution in [2.75, 3.05) is 12.4 Å². The number of benzene rings is 3. The first-order chi connectivity index (χ1) is 17.1. The highest BCUT2D eigenvalue weighted by molar-refractivity contribution is 7.99. The van der Waals surface area contributed by atoms with Crippen LogP contribution in [0.5, 0.6) is 5.75 Å². The quantitative estimate of drug-likeness (QED) is 0.186. The van der Waals surface area contributed by atoms with Crippen molar-refractivity contribution in [3.05, 3.63) is 89.2 Å². The Kier molecular flexibility index (Phi) is 8.12. The van der Waals surface area contributed by atoms with Crippen molar-refractivity contribution in [2.45, 2.75) is 12.1 Å². The molecule has 1 heterocycles. The maximum absolute atomic E-state index is 13.8. The first kappa shape index (κ1) is 24.4. The Bertz CT molecular complexity index is 1310. The van der Waals surface area contributed by atoms with Crippen molar-refractivity contribution < 1.29 is 13.9 Å². The summed E-state index contributed by atoms with van der Waals surface area (Å²) >= 11 is 7.17. The fourth-order valence-electron chi connectivity index (χ4n) is 3.19. The van der Waals surface area contributed by atoms with Crippen LogP contribution in [0.15, 0.2) is 83.1 Å². The third-order valence-corrected chi connectivity index (χ3v) is 6.04. The molecular formula is C25H21ClFN5O2S. The van der Waals surface area contributed by atoms with Gasteiger partial charge in [-0.2, -0.15) is 5.10 Å². The van der Waals surface area contributed by atoms with E-state index < -0.39 is 5.82 Å². The van der Waals surface area contributed by atoms with Crippen LogP contribution in [0.3, 0.4) is 0 Å². The van der Waals surface area contributed by atoms with E-state index in [1.807, 2.05) is 66.1 Å². The second kappa shape index (κ2) is 11.6. The second-order valence-electron chi connectivity index (χ2n) is 7.15. The molecule has 0 aliphatic rings. The number of ether oxygens (including phenoxy) is 1. The van der Waals surface area contributed by atoms with E-state index in [0.717, 1.165) is 17.0 Å². The van der Waals surface area contributed by atoms with Crippen LogP contribution in [0.2, 0.25) is 5.02 Å². The van der Waals surface area contributed by atoms with Gasteiger partial charge in [-0.15, -0.1) is 10.2 Å². The zero-order chi connectivity index (χ0) is 24.6. The summed E-state index contributed by atoms with van der Waals surface area (Å²) < 4.78 is 21.3. The number of carbonyl (C=O) groups is 1. The molecule has 3 aromatic carbocycles. The molecule has 1 amide bonds. The molecule has 7 nitrogen and oxygen atoms in total. The van der Waals surface area contributed by atoms with E-state index in [-0.39, 0.29) is 22.2 Å². The van der Waals surface area contributed by atoms with E-state index in [1.165, 1.54) is 30.1 Å². The van der Waals surface area contributed by atoms with Gasteiger partial charge in [0, 0.05) is 16.8 Å². The molecule has 0 aliphatic carbocycles. The Morgan fingerprint density at radius 2 is 1.89 bits per heavy atom. The van der Waals surface area contributed by atoms with Crippen molar-refractivity contribution in [3.8, 4) is 22.8 Å². The molecule has 4 aromatic rings. The van der Waals surface area contributed by atoms with Gasteiger partial charge >= 0.3 is 0 Å². The van der Waals surface area contributed by atoms with Gasteiger partial charge in [0.15, 0.2) is 11.0 Å². The lowest BCUT2D eigenvalue weighted by Gasteiger charge is -2.11. The smallest absolute Gasteiger partial charge is 0.250 e. The van der Waals surface area contributed by atoms with Crippen LogP contribution in [-0.4, -0.2) is 39.2 Å². The van der Waals surface area contributed by atoms with Crippen molar-refractivity contribution >= 4 is 35.5 Å². The highest BCUT2D eigenvalue weighted by Gasteiger charge is 2.17. The van der Waals surface area contributed by atoms with Crippen LogP contribution >= 0.6 is 23.4 Å². The number of rotatable bonds is 9. The summed E-state index contributed by atoms with van der Waals surface area (Å²) in [7, 11) is 0. The summed E-state index contributed by atoms with van der Waals surface area (Å²) in [6.07, 6.45) is 1.18. The Hall–Kier alpha value is -3.69. The van der Waals surface area contributed by atoms with Crippen LogP contribution < -0.4 is 10.2 Å². The van der Waals surface area contributed by atoms with Crippen LogP contribution in [-0.2, 0) is 4.79 Å². The monoisotopic (exact) mass is 509 g/mol. The number of hydrazone groups is 1. The van der Waals surface area contributed by atoms with Crippen LogP contribution in [0, 0.1) is 5.82 Å². The van der Waals surface area contributed by atoms with Gasteiger partial charge in [-0.1, -0.05) is 59.8 Å². The molecule has 0 spiro atoms. The van der Waals surface area contributed by atoms with Crippen molar-refractivity contribution in [3.63, 3.8) is 0 Å². The number of carbonyl (C=O) groups excluding carboxylic acids is 1. The SMILES string of the molecule is CCOc1ccc(-n2c(SCC(=O)N/N=C\c3c(F)cccc3Cl)nnc2-c2ccccc2)cc1. The number of amides is 1. The fraction of sp³-hybridized carbons (Fsp3) is 0.120. The first-order valence-electron chi connectivity index (χ1n) is 10.7. The minimum Gasteiger partial charge on any atom is -0.494 e. The summed E-state index contributed by atoms with van der Waals surface area (Å²) in [5, 5.41) is 13.2. The van der Waals surface area contributed by atoms with Crippen molar-refractivity contribution in [2.24, 2.45) is 5.10 Å². The van der Waals surface area contributed by atoms with E-state index in [9.17, 15) is 9.18 Å².